The first kappa shape index (κ1) is 18.2. The number of aromatic nitrogens is 8. The van der Waals surface area contributed by atoms with E-state index >= 15 is 0 Å². The van der Waals surface area contributed by atoms with Gasteiger partial charge in [-0.05, 0) is 0 Å². The molecule has 0 aliphatic rings. The van der Waals surface area contributed by atoms with Crippen molar-refractivity contribution in [3.8, 4) is 0 Å². The lowest BCUT2D eigenvalue weighted by atomic mass is 10.4. The summed E-state index contributed by atoms with van der Waals surface area (Å²) in [5, 5.41) is 6.72. The van der Waals surface area contributed by atoms with E-state index in [0.29, 0.717) is 22.2 Å². The van der Waals surface area contributed by atoms with Crippen LogP contribution in [-0.2, 0) is 0 Å². The van der Waals surface area contributed by atoms with Gasteiger partial charge in [0.05, 0.1) is 25.2 Å². The fourth-order valence-electron chi connectivity index (χ4n) is 1.55. The van der Waals surface area contributed by atoms with Gasteiger partial charge in [0.1, 0.15) is 5.39 Å². The quantitative estimate of drug-likeness (QED) is 0.352. The van der Waals surface area contributed by atoms with Gasteiger partial charge in [-0.1, -0.05) is 0 Å². The van der Waals surface area contributed by atoms with Crippen LogP contribution in [0, 0.1) is 0 Å². The van der Waals surface area contributed by atoms with Crippen molar-refractivity contribution in [1.82, 2.24) is 40.1 Å². The van der Waals surface area contributed by atoms with Gasteiger partial charge < -0.3 is 15.0 Å². The molecule has 0 atom stereocenters. The summed E-state index contributed by atoms with van der Waals surface area (Å²) in [6, 6.07) is 0. The number of rotatable bonds is 0. The first-order chi connectivity index (χ1) is 11.8. The summed E-state index contributed by atoms with van der Waals surface area (Å²) >= 11 is 0. The summed E-state index contributed by atoms with van der Waals surface area (Å²) in [5.41, 5.74) is 1.02. The second-order valence-corrected chi connectivity index (χ2v) is 3.70. The summed E-state index contributed by atoms with van der Waals surface area (Å²) in [6.07, 6.45) is 5.54. The normalized spacial score (nSPS) is 9.00. The molecule has 0 saturated heterocycles. The fraction of sp³-hybridized carbons (Fsp3) is 0. The zero-order chi connectivity index (χ0) is 17.9. The molecule has 0 radical (unpaired) electrons. The van der Waals surface area contributed by atoms with E-state index in [0.717, 1.165) is 0 Å². The Morgan fingerprint density at radius 1 is 0.792 bits per heavy atom. The smallest absolute Gasteiger partial charge is 0.276 e. The minimum absolute atomic E-state index is 0.168. The molecule has 0 aliphatic heterocycles. The van der Waals surface area contributed by atoms with E-state index in [-0.39, 0.29) is 11.1 Å². The van der Waals surface area contributed by atoms with Crippen LogP contribution in [0.4, 0.5) is 0 Å². The Morgan fingerprint density at radius 2 is 1.38 bits per heavy atom. The lowest BCUT2D eigenvalue weighted by Crippen LogP contribution is -2.05. The molecular formula is C14H16N8O2. The molecule has 0 fully saturated rings. The van der Waals surface area contributed by atoms with Gasteiger partial charge in [-0.25, -0.2) is 15.0 Å². The van der Waals surface area contributed by atoms with E-state index < -0.39 is 0 Å². The maximum Gasteiger partial charge on any atom is 0.276 e. The van der Waals surface area contributed by atoms with Gasteiger partial charge in [-0.2, -0.15) is 5.10 Å². The maximum absolute atomic E-state index is 10.9. The minimum Gasteiger partial charge on any atom is -0.339 e. The summed E-state index contributed by atoms with van der Waals surface area (Å²) in [7, 11) is 0. The molecule has 24 heavy (non-hydrogen) atoms. The molecule has 4 N–H and O–H groups in total. The Balaban J connectivity index is 0.000000199. The monoisotopic (exact) mass is 328 g/mol. The van der Waals surface area contributed by atoms with Gasteiger partial charge in [0.15, 0.2) is 16.8 Å². The van der Waals surface area contributed by atoms with Crippen LogP contribution >= 0.6 is 0 Å². The fourth-order valence-corrected chi connectivity index (χ4v) is 1.55. The van der Waals surface area contributed by atoms with Crippen molar-refractivity contribution in [3.63, 3.8) is 0 Å². The average molecular weight is 328 g/mol. The third-order valence-electron chi connectivity index (χ3n) is 2.48. The molecule has 0 aliphatic carbocycles. The molecule has 0 amide bonds. The molecule has 0 aromatic carbocycles. The third-order valence-corrected chi connectivity index (χ3v) is 2.48. The number of aromatic amines is 4. The van der Waals surface area contributed by atoms with Crippen LogP contribution in [0.15, 0.2) is 61.1 Å². The van der Waals surface area contributed by atoms with Crippen LogP contribution in [0.25, 0.3) is 22.2 Å². The zero-order valence-electron chi connectivity index (χ0n) is 12.7. The summed E-state index contributed by atoms with van der Waals surface area (Å²) in [5.74, 6) is 0. The van der Waals surface area contributed by atoms with Crippen molar-refractivity contribution in [2.45, 2.75) is 0 Å². The van der Waals surface area contributed by atoms with Crippen molar-refractivity contribution < 1.29 is 0 Å². The highest BCUT2D eigenvalue weighted by atomic mass is 16.1. The van der Waals surface area contributed by atoms with Gasteiger partial charge in [0.2, 0.25) is 0 Å². The first-order valence-corrected chi connectivity index (χ1v) is 6.49. The summed E-state index contributed by atoms with van der Waals surface area (Å²) in [6.45, 7) is 12.0. The first-order valence-electron chi connectivity index (χ1n) is 6.49. The summed E-state index contributed by atoms with van der Waals surface area (Å²) < 4.78 is 0. The van der Waals surface area contributed by atoms with Crippen molar-refractivity contribution in [2.24, 2.45) is 0 Å². The van der Waals surface area contributed by atoms with E-state index in [2.05, 4.69) is 66.4 Å². The topological polar surface area (TPSA) is 149 Å². The standard InChI is InChI=1S/2C5H4N4O.2C2H4/c10-5-3-4(7-1-6-3)8-2-9-5;10-5-3-1-8-9-4(3)6-2-7-5;2*1-2/h2*1-2H,(H2,6,7,8,9,10);2*1-2H2. The van der Waals surface area contributed by atoms with Crippen LogP contribution < -0.4 is 11.1 Å². The number of H-pyrrole nitrogens is 4. The third kappa shape index (κ3) is 4.10. The Kier molecular flexibility index (Phi) is 7.03. The molecule has 4 rings (SSSR count). The minimum atomic E-state index is -0.192. The maximum atomic E-state index is 10.9. The number of hydrogen-bond donors (Lipinski definition) is 4. The van der Waals surface area contributed by atoms with Crippen LogP contribution in [-0.4, -0.2) is 40.1 Å². The molecular weight excluding hydrogens is 312 g/mol. The van der Waals surface area contributed by atoms with Crippen LogP contribution in [0.5, 0.6) is 0 Å². The van der Waals surface area contributed by atoms with Gasteiger partial charge in [0.25, 0.3) is 11.1 Å². The number of fused-ring (bicyclic) bond motifs is 2. The molecule has 0 unspecified atom stereocenters. The second-order valence-electron chi connectivity index (χ2n) is 3.70. The van der Waals surface area contributed by atoms with Crippen LogP contribution in [0.3, 0.4) is 0 Å². The molecule has 4 heterocycles. The van der Waals surface area contributed by atoms with Crippen LogP contribution in [0.1, 0.15) is 0 Å². The molecule has 0 bridgehead atoms. The summed E-state index contributed by atoms with van der Waals surface area (Å²) in [4.78, 5) is 40.7. The molecule has 0 saturated carbocycles. The Bertz CT molecular complexity index is 915. The van der Waals surface area contributed by atoms with E-state index in [4.69, 9.17) is 0 Å². The SMILES string of the molecule is C=C.C=C.O=c1[nH]cnc2[nH]ncc12.O=c1[nH]cnc2nc[nH]c12. The van der Waals surface area contributed by atoms with Gasteiger partial charge in [-0.3, -0.25) is 14.7 Å². The van der Waals surface area contributed by atoms with Gasteiger partial charge in [-0.15, -0.1) is 26.3 Å². The Morgan fingerprint density at radius 3 is 2.00 bits per heavy atom. The molecule has 124 valence electrons. The predicted molar refractivity (Wildman–Crippen MR) is 91.5 cm³/mol. The Labute approximate surface area is 135 Å². The predicted octanol–water partition coefficient (Wildman–Crippen LogP) is 0.897. The number of nitrogens with zero attached hydrogens (tertiary/aromatic N) is 4. The number of hydrogen-bond acceptors (Lipinski definition) is 6. The Hall–Kier alpha value is -3.82. The molecule has 10 nitrogen and oxygen atoms in total. The average Bonchev–Trinajstić information content (AvgIpc) is 3.29. The molecule has 10 heteroatoms. The van der Waals surface area contributed by atoms with Gasteiger partial charge >= 0.3 is 0 Å². The molecule has 4 aromatic heterocycles. The number of nitrogens with one attached hydrogen (secondary N) is 4. The highest BCUT2D eigenvalue weighted by Gasteiger charge is 1.98. The lowest BCUT2D eigenvalue weighted by molar-refractivity contribution is 1.08. The highest BCUT2D eigenvalue weighted by Crippen LogP contribution is 1.96. The van der Waals surface area contributed by atoms with E-state index in [1.165, 1.54) is 25.2 Å². The highest BCUT2D eigenvalue weighted by molar-refractivity contribution is 5.71. The van der Waals surface area contributed by atoms with Crippen molar-refractivity contribution >= 4 is 22.2 Å². The molecule has 4 aromatic rings. The van der Waals surface area contributed by atoms with Crippen molar-refractivity contribution in [1.29, 1.82) is 0 Å². The van der Waals surface area contributed by atoms with E-state index in [9.17, 15) is 9.59 Å². The largest absolute Gasteiger partial charge is 0.339 e. The number of imidazole rings is 1. The van der Waals surface area contributed by atoms with E-state index in [1.807, 2.05) is 0 Å². The van der Waals surface area contributed by atoms with Gasteiger partial charge in [0, 0.05) is 0 Å². The van der Waals surface area contributed by atoms with E-state index in [1.54, 1.807) is 0 Å². The zero-order valence-corrected chi connectivity index (χ0v) is 12.7. The van der Waals surface area contributed by atoms with Crippen molar-refractivity contribution in [2.75, 3.05) is 0 Å². The van der Waals surface area contributed by atoms with Crippen molar-refractivity contribution in [3.05, 3.63) is 72.2 Å². The molecule has 0 spiro atoms. The van der Waals surface area contributed by atoms with Crippen LogP contribution in [0.2, 0.25) is 0 Å². The lowest BCUT2D eigenvalue weighted by Gasteiger charge is -1.81. The second kappa shape index (κ2) is 9.25.